The number of esters is 1. The maximum atomic E-state index is 13.7. The van der Waals surface area contributed by atoms with Gasteiger partial charge in [0.05, 0.1) is 24.4 Å². The van der Waals surface area contributed by atoms with Crippen LogP contribution in [0.15, 0.2) is 60.7 Å². The molecule has 1 aromatic heterocycles. The fourth-order valence-corrected chi connectivity index (χ4v) is 6.49. The van der Waals surface area contributed by atoms with Crippen LogP contribution in [0.4, 0.5) is 10.0 Å². The molecule has 3 aliphatic rings. The van der Waals surface area contributed by atoms with Gasteiger partial charge in [-0.05, 0) is 36.8 Å². The minimum absolute atomic E-state index is 0.0688. The van der Waals surface area contributed by atoms with Crippen LogP contribution in [0, 0.1) is 0 Å². The zero-order valence-corrected chi connectivity index (χ0v) is 20.6. The summed E-state index contributed by atoms with van der Waals surface area (Å²) in [6.45, 7) is 3.85. The SMILES string of the molecule is CCOC(=O)c1c(N(C(=O)Cc2ccccc2)C(=O)Cc2ccccc2)sc2c1C1CCN2CC1. The molecule has 0 atom stereocenters. The van der Waals surface area contributed by atoms with Crippen molar-refractivity contribution in [2.45, 2.75) is 38.5 Å². The van der Waals surface area contributed by atoms with E-state index in [-0.39, 0.29) is 37.2 Å². The third-order valence-electron chi connectivity index (χ3n) is 6.68. The Kier molecular flexibility index (Phi) is 6.68. The van der Waals surface area contributed by atoms with E-state index in [1.54, 1.807) is 6.92 Å². The Morgan fingerprint density at radius 1 is 0.914 bits per heavy atom. The van der Waals surface area contributed by atoms with Gasteiger partial charge in [0.1, 0.15) is 10.6 Å². The van der Waals surface area contributed by atoms with Gasteiger partial charge in [0, 0.05) is 18.7 Å². The monoisotopic (exact) mass is 488 g/mol. The highest BCUT2D eigenvalue weighted by Gasteiger charge is 2.41. The molecule has 0 aliphatic carbocycles. The van der Waals surface area contributed by atoms with Crippen LogP contribution in [0.2, 0.25) is 0 Å². The van der Waals surface area contributed by atoms with Crippen molar-refractivity contribution in [2.24, 2.45) is 0 Å². The van der Waals surface area contributed by atoms with Crippen LogP contribution in [-0.4, -0.2) is 37.5 Å². The number of carbonyl (C=O) groups excluding carboxylic acids is 3. The van der Waals surface area contributed by atoms with Gasteiger partial charge < -0.3 is 9.64 Å². The van der Waals surface area contributed by atoms with Crippen LogP contribution < -0.4 is 9.80 Å². The van der Waals surface area contributed by atoms with Crippen LogP contribution >= 0.6 is 11.3 Å². The summed E-state index contributed by atoms with van der Waals surface area (Å²) in [7, 11) is 0. The van der Waals surface area contributed by atoms with Crippen molar-refractivity contribution in [3.05, 3.63) is 82.9 Å². The molecule has 3 aliphatic heterocycles. The predicted molar refractivity (Wildman–Crippen MR) is 137 cm³/mol. The molecule has 0 saturated carbocycles. The van der Waals surface area contributed by atoms with Crippen molar-refractivity contribution < 1.29 is 19.1 Å². The number of imide groups is 1. The molecule has 180 valence electrons. The van der Waals surface area contributed by atoms with E-state index in [0.29, 0.717) is 10.6 Å². The molecule has 4 heterocycles. The Morgan fingerprint density at radius 2 is 1.46 bits per heavy atom. The summed E-state index contributed by atoms with van der Waals surface area (Å²) < 4.78 is 5.45. The minimum Gasteiger partial charge on any atom is -0.462 e. The summed E-state index contributed by atoms with van der Waals surface area (Å²) in [6.07, 6.45) is 2.07. The quantitative estimate of drug-likeness (QED) is 0.440. The second kappa shape index (κ2) is 10.0. The summed E-state index contributed by atoms with van der Waals surface area (Å²) in [6, 6.07) is 18.8. The molecule has 6 rings (SSSR count). The maximum absolute atomic E-state index is 13.7. The van der Waals surface area contributed by atoms with Crippen molar-refractivity contribution >= 4 is 39.1 Å². The first-order valence-electron chi connectivity index (χ1n) is 12.1. The Balaban J connectivity index is 1.60. The fraction of sp³-hybridized carbons (Fsp3) is 0.321. The van der Waals surface area contributed by atoms with Crippen LogP contribution in [0.1, 0.15) is 52.7 Å². The number of anilines is 2. The normalized spacial score (nSPS) is 14.5. The largest absolute Gasteiger partial charge is 0.462 e. The maximum Gasteiger partial charge on any atom is 0.341 e. The number of fused-ring (bicyclic) bond motifs is 2. The van der Waals surface area contributed by atoms with Gasteiger partial charge in [-0.15, -0.1) is 0 Å². The van der Waals surface area contributed by atoms with E-state index in [1.807, 2.05) is 60.7 Å². The van der Waals surface area contributed by atoms with E-state index in [9.17, 15) is 14.4 Å². The van der Waals surface area contributed by atoms with Gasteiger partial charge in [-0.3, -0.25) is 9.59 Å². The molecule has 3 aromatic rings. The third-order valence-corrected chi connectivity index (χ3v) is 7.93. The Hall–Kier alpha value is -3.45. The van der Waals surface area contributed by atoms with E-state index in [4.69, 9.17) is 4.74 Å². The number of piperidine rings is 1. The summed E-state index contributed by atoms with van der Waals surface area (Å²) >= 11 is 1.37. The Labute approximate surface area is 209 Å². The lowest BCUT2D eigenvalue weighted by atomic mass is 9.84. The number of hydrogen-bond acceptors (Lipinski definition) is 6. The van der Waals surface area contributed by atoms with Crippen molar-refractivity contribution in [1.29, 1.82) is 0 Å². The lowest BCUT2D eigenvalue weighted by Crippen LogP contribution is -2.40. The summed E-state index contributed by atoms with van der Waals surface area (Å²) in [4.78, 5) is 44.2. The first-order chi connectivity index (χ1) is 17.1. The van der Waals surface area contributed by atoms with E-state index in [1.165, 1.54) is 16.2 Å². The van der Waals surface area contributed by atoms with Crippen LogP contribution in [0.3, 0.4) is 0 Å². The lowest BCUT2D eigenvalue weighted by molar-refractivity contribution is -0.125. The molecular weight excluding hydrogens is 460 g/mol. The van der Waals surface area contributed by atoms with Gasteiger partial charge in [-0.1, -0.05) is 72.0 Å². The third kappa shape index (κ3) is 4.60. The van der Waals surface area contributed by atoms with Crippen LogP contribution in [0.25, 0.3) is 0 Å². The molecular formula is C28H28N2O4S. The van der Waals surface area contributed by atoms with Gasteiger partial charge in [-0.25, -0.2) is 9.69 Å². The summed E-state index contributed by atoms with van der Waals surface area (Å²) in [5.74, 6) is -0.902. The fourth-order valence-electron chi connectivity index (χ4n) is 5.03. The number of carbonyl (C=O) groups is 3. The predicted octanol–water partition coefficient (Wildman–Crippen LogP) is 4.97. The highest BCUT2D eigenvalue weighted by Crippen LogP contribution is 2.53. The van der Waals surface area contributed by atoms with Crippen molar-refractivity contribution in [3.8, 4) is 0 Å². The average Bonchev–Trinajstić information content (AvgIpc) is 3.28. The molecule has 0 spiro atoms. The number of rotatable bonds is 7. The second-order valence-corrected chi connectivity index (χ2v) is 9.91. The van der Waals surface area contributed by atoms with Gasteiger partial charge >= 0.3 is 5.97 Å². The number of thiophene rings is 1. The zero-order valence-electron chi connectivity index (χ0n) is 19.7. The second-order valence-electron chi connectivity index (χ2n) is 8.93. The van der Waals surface area contributed by atoms with E-state index in [0.717, 1.165) is 47.6 Å². The zero-order chi connectivity index (χ0) is 24.4. The smallest absolute Gasteiger partial charge is 0.341 e. The van der Waals surface area contributed by atoms with E-state index >= 15 is 0 Å². The van der Waals surface area contributed by atoms with Crippen LogP contribution in [0.5, 0.6) is 0 Å². The Morgan fingerprint density at radius 3 is 1.97 bits per heavy atom. The minimum atomic E-state index is -0.459. The number of ether oxygens (including phenoxy) is 1. The molecule has 0 N–H and O–H groups in total. The molecule has 1 fully saturated rings. The van der Waals surface area contributed by atoms with Crippen molar-refractivity contribution in [3.63, 3.8) is 0 Å². The summed E-state index contributed by atoms with van der Waals surface area (Å²) in [5, 5.41) is 1.39. The van der Waals surface area contributed by atoms with Gasteiger partial charge in [0.2, 0.25) is 11.8 Å². The van der Waals surface area contributed by atoms with E-state index in [2.05, 4.69) is 4.90 Å². The molecule has 35 heavy (non-hydrogen) atoms. The van der Waals surface area contributed by atoms with Gasteiger partial charge in [-0.2, -0.15) is 0 Å². The number of hydrogen-bond donors (Lipinski definition) is 0. The van der Waals surface area contributed by atoms with Crippen LogP contribution in [-0.2, 0) is 27.2 Å². The molecule has 2 aromatic carbocycles. The van der Waals surface area contributed by atoms with E-state index < -0.39 is 5.97 Å². The standard InChI is InChI=1S/C28H28N2O4S/c1-2-34-28(33)25-24-21-13-15-29(16-14-21)26(24)35-27(25)30(22(31)17-19-9-5-3-6-10-19)23(32)18-20-11-7-4-8-12-20/h3-12,21H,2,13-18H2,1H3. The Bertz CT molecular complexity index is 1180. The molecule has 2 bridgehead atoms. The van der Waals surface area contributed by atoms with Crippen molar-refractivity contribution in [1.82, 2.24) is 0 Å². The number of amides is 2. The molecule has 0 radical (unpaired) electrons. The summed E-state index contributed by atoms with van der Waals surface area (Å²) in [5.41, 5.74) is 2.98. The molecule has 0 unspecified atom stereocenters. The topological polar surface area (TPSA) is 66.9 Å². The van der Waals surface area contributed by atoms with Gasteiger partial charge in [0.25, 0.3) is 0 Å². The first kappa shape index (κ1) is 23.3. The first-order valence-corrected chi connectivity index (χ1v) is 12.9. The van der Waals surface area contributed by atoms with Crippen molar-refractivity contribution in [2.75, 3.05) is 29.5 Å². The highest BCUT2D eigenvalue weighted by molar-refractivity contribution is 7.21. The molecule has 2 amide bonds. The van der Waals surface area contributed by atoms with Gasteiger partial charge in [0.15, 0.2) is 0 Å². The average molecular weight is 489 g/mol. The lowest BCUT2D eigenvalue weighted by Gasteiger charge is -2.40. The molecule has 7 heteroatoms. The number of nitrogens with zero attached hydrogens (tertiary/aromatic N) is 2. The molecule has 1 saturated heterocycles. The number of benzene rings is 2. The molecule has 6 nitrogen and oxygen atoms in total. The highest BCUT2D eigenvalue weighted by atomic mass is 32.1.